The lowest BCUT2D eigenvalue weighted by Crippen LogP contribution is -2.39. The zero-order valence-corrected chi connectivity index (χ0v) is 22.0. The van der Waals surface area contributed by atoms with Gasteiger partial charge in [-0.25, -0.2) is 9.79 Å². The normalized spacial score (nSPS) is 15.5. The summed E-state index contributed by atoms with van der Waals surface area (Å²) in [5.74, 6) is -0.625. The van der Waals surface area contributed by atoms with Crippen molar-refractivity contribution in [3.63, 3.8) is 0 Å². The van der Waals surface area contributed by atoms with E-state index in [9.17, 15) is 14.4 Å². The molecule has 7 nitrogen and oxygen atoms in total. The van der Waals surface area contributed by atoms with Crippen LogP contribution in [0.5, 0.6) is 5.75 Å². The van der Waals surface area contributed by atoms with E-state index in [1.54, 1.807) is 38.1 Å². The van der Waals surface area contributed by atoms with Crippen LogP contribution >= 0.6 is 27.3 Å². The lowest BCUT2D eigenvalue weighted by molar-refractivity contribution is -0.139. The molecule has 0 bridgehead atoms. The summed E-state index contributed by atoms with van der Waals surface area (Å²) in [6.45, 7) is 6.99. The van der Waals surface area contributed by atoms with Gasteiger partial charge >= 0.3 is 11.9 Å². The van der Waals surface area contributed by atoms with Gasteiger partial charge in [-0.05, 0) is 50.6 Å². The van der Waals surface area contributed by atoms with Gasteiger partial charge in [0.05, 0.1) is 28.5 Å². The molecule has 0 fully saturated rings. The van der Waals surface area contributed by atoms with Gasteiger partial charge in [-0.1, -0.05) is 57.1 Å². The van der Waals surface area contributed by atoms with Crippen molar-refractivity contribution in [2.24, 2.45) is 4.99 Å². The predicted molar refractivity (Wildman–Crippen MR) is 137 cm³/mol. The molecular weight excluding hydrogens is 532 g/mol. The van der Waals surface area contributed by atoms with E-state index in [1.165, 1.54) is 22.8 Å². The van der Waals surface area contributed by atoms with E-state index in [0.717, 1.165) is 15.6 Å². The van der Waals surface area contributed by atoms with Crippen LogP contribution in [0.1, 0.15) is 43.5 Å². The number of allylic oxidation sites excluding steroid dienone is 1. The average molecular weight is 555 g/mol. The molecule has 0 unspecified atom stereocenters. The van der Waals surface area contributed by atoms with Crippen LogP contribution in [0.2, 0.25) is 0 Å². The number of fused-ring (bicyclic) bond motifs is 1. The number of thiazole rings is 1. The maximum Gasteiger partial charge on any atom is 0.338 e. The summed E-state index contributed by atoms with van der Waals surface area (Å²) < 4.78 is 13.3. The Balaban J connectivity index is 1.96. The molecule has 35 heavy (non-hydrogen) atoms. The number of carbonyl (C=O) groups is 2. The predicted octanol–water partition coefficient (Wildman–Crippen LogP) is 3.79. The van der Waals surface area contributed by atoms with Crippen molar-refractivity contribution in [3.05, 3.63) is 94.6 Å². The van der Waals surface area contributed by atoms with Crippen LogP contribution in [0, 0.1) is 6.92 Å². The van der Waals surface area contributed by atoms with Gasteiger partial charge in [-0.2, -0.15) is 0 Å². The Hall–Kier alpha value is -3.30. The Kier molecular flexibility index (Phi) is 7.18. The van der Waals surface area contributed by atoms with E-state index in [-0.39, 0.29) is 12.2 Å². The smallest absolute Gasteiger partial charge is 0.338 e. The molecule has 0 radical (unpaired) electrons. The zero-order valence-electron chi connectivity index (χ0n) is 19.6. The summed E-state index contributed by atoms with van der Waals surface area (Å²) in [6, 6.07) is 12.2. The standard InChI is InChI=1S/C26H23BrN2O5S/c1-5-33-25(32)22-15(3)28-26-29(23(22)17-8-6-14(2)7-9-17)24(31)21(35-26)13-18-12-19(27)10-11-20(18)34-16(4)30/h6-13,23H,5H2,1-4H3/b21-13+/t23-/m0/s1. The number of carbonyl (C=O) groups excluding carboxylic acids is 2. The number of hydrogen-bond donors (Lipinski definition) is 0. The number of esters is 2. The second kappa shape index (κ2) is 10.1. The summed E-state index contributed by atoms with van der Waals surface area (Å²) in [5, 5.41) is 0. The number of hydrogen-bond acceptors (Lipinski definition) is 7. The number of halogens is 1. The fourth-order valence-electron chi connectivity index (χ4n) is 3.88. The lowest BCUT2D eigenvalue weighted by atomic mass is 9.95. The molecule has 1 aliphatic rings. The first-order valence-electron chi connectivity index (χ1n) is 10.9. The van der Waals surface area contributed by atoms with E-state index in [0.29, 0.717) is 31.9 Å². The van der Waals surface area contributed by atoms with E-state index in [1.807, 2.05) is 31.2 Å². The Morgan fingerprint density at radius 3 is 2.54 bits per heavy atom. The third kappa shape index (κ3) is 5.06. The molecule has 1 aliphatic heterocycles. The van der Waals surface area contributed by atoms with Crippen molar-refractivity contribution < 1.29 is 19.1 Å². The topological polar surface area (TPSA) is 87.0 Å². The van der Waals surface area contributed by atoms with Crippen molar-refractivity contribution in [1.29, 1.82) is 0 Å². The van der Waals surface area contributed by atoms with Crippen molar-refractivity contribution in [3.8, 4) is 5.75 Å². The lowest BCUT2D eigenvalue weighted by Gasteiger charge is -2.24. The molecule has 1 atom stereocenters. The first-order valence-corrected chi connectivity index (χ1v) is 12.5. The van der Waals surface area contributed by atoms with Crippen LogP contribution in [-0.2, 0) is 14.3 Å². The summed E-state index contributed by atoms with van der Waals surface area (Å²) in [7, 11) is 0. The zero-order chi connectivity index (χ0) is 25.3. The number of benzene rings is 2. The van der Waals surface area contributed by atoms with Gasteiger partial charge in [-0.15, -0.1) is 0 Å². The SMILES string of the molecule is CCOC(=O)C1=C(C)N=c2s/c(=C/c3cc(Br)ccc3OC(C)=O)c(=O)n2[C@H]1c1ccc(C)cc1. The minimum atomic E-state index is -0.677. The number of aryl methyl sites for hydroxylation is 1. The highest BCUT2D eigenvalue weighted by Crippen LogP contribution is 2.31. The van der Waals surface area contributed by atoms with Gasteiger partial charge in [0.15, 0.2) is 4.80 Å². The largest absolute Gasteiger partial charge is 0.463 e. The molecule has 180 valence electrons. The molecule has 0 N–H and O–H groups in total. The van der Waals surface area contributed by atoms with Crippen LogP contribution in [0.25, 0.3) is 6.08 Å². The van der Waals surface area contributed by atoms with Crippen molar-refractivity contribution in [2.75, 3.05) is 6.61 Å². The Morgan fingerprint density at radius 1 is 1.17 bits per heavy atom. The number of rotatable bonds is 5. The maximum absolute atomic E-state index is 13.7. The monoisotopic (exact) mass is 554 g/mol. The van der Waals surface area contributed by atoms with Crippen LogP contribution in [0.4, 0.5) is 0 Å². The van der Waals surface area contributed by atoms with Crippen LogP contribution in [0.15, 0.2) is 68.0 Å². The Labute approximate surface area is 214 Å². The molecule has 0 saturated carbocycles. The van der Waals surface area contributed by atoms with Crippen LogP contribution in [-0.4, -0.2) is 23.1 Å². The summed E-state index contributed by atoms with van der Waals surface area (Å²) in [4.78, 5) is 43.3. The third-order valence-corrected chi connectivity index (χ3v) is 6.90. The van der Waals surface area contributed by atoms with Crippen molar-refractivity contribution in [2.45, 2.75) is 33.7 Å². The van der Waals surface area contributed by atoms with Gasteiger partial charge in [0, 0.05) is 17.0 Å². The highest BCUT2D eigenvalue weighted by atomic mass is 79.9. The quantitative estimate of drug-likeness (QED) is 0.353. The van der Waals surface area contributed by atoms with E-state index < -0.39 is 18.0 Å². The summed E-state index contributed by atoms with van der Waals surface area (Å²) in [6.07, 6.45) is 1.67. The first kappa shape index (κ1) is 24.8. The molecule has 0 spiro atoms. The molecule has 3 aromatic rings. The molecule has 2 aromatic carbocycles. The van der Waals surface area contributed by atoms with E-state index in [2.05, 4.69) is 20.9 Å². The number of nitrogens with zero attached hydrogens (tertiary/aromatic N) is 2. The second-order valence-corrected chi connectivity index (χ2v) is 9.91. The van der Waals surface area contributed by atoms with Gasteiger partial charge in [0.1, 0.15) is 5.75 Å². The second-order valence-electron chi connectivity index (χ2n) is 7.99. The van der Waals surface area contributed by atoms with Crippen LogP contribution < -0.4 is 19.6 Å². The number of aromatic nitrogens is 1. The van der Waals surface area contributed by atoms with Gasteiger partial charge in [0.25, 0.3) is 5.56 Å². The molecule has 4 rings (SSSR count). The highest BCUT2D eigenvalue weighted by molar-refractivity contribution is 9.10. The molecule has 1 aromatic heterocycles. The molecule has 0 saturated heterocycles. The molecule has 9 heteroatoms. The molecular formula is C26H23BrN2O5S. The van der Waals surface area contributed by atoms with Gasteiger partial charge < -0.3 is 9.47 Å². The number of ether oxygens (including phenoxy) is 2. The van der Waals surface area contributed by atoms with E-state index in [4.69, 9.17) is 9.47 Å². The molecule has 2 heterocycles. The van der Waals surface area contributed by atoms with Crippen molar-refractivity contribution >= 4 is 45.3 Å². The van der Waals surface area contributed by atoms with E-state index >= 15 is 0 Å². The van der Waals surface area contributed by atoms with Gasteiger partial charge in [0.2, 0.25) is 0 Å². The third-order valence-electron chi connectivity index (χ3n) is 5.42. The molecule has 0 amide bonds. The first-order chi connectivity index (χ1) is 16.7. The maximum atomic E-state index is 13.7. The highest BCUT2D eigenvalue weighted by Gasteiger charge is 2.33. The fraction of sp³-hybridized carbons (Fsp3) is 0.231. The Morgan fingerprint density at radius 2 is 1.89 bits per heavy atom. The minimum Gasteiger partial charge on any atom is -0.463 e. The Bertz CT molecular complexity index is 1530. The minimum absolute atomic E-state index is 0.211. The summed E-state index contributed by atoms with van der Waals surface area (Å²) >= 11 is 4.64. The average Bonchev–Trinajstić information content (AvgIpc) is 3.09. The fourth-order valence-corrected chi connectivity index (χ4v) is 5.29. The van der Waals surface area contributed by atoms with Crippen LogP contribution in [0.3, 0.4) is 0 Å². The molecule has 0 aliphatic carbocycles. The van der Waals surface area contributed by atoms with Crippen molar-refractivity contribution in [1.82, 2.24) is 4.57 Å². The summed E-state index contributed by atoms with van der Waals surface area (Å²) in [5.41, 5.74) is 2.94. The van der Waals surface area contributed by atoms with Gasteiger partial charge in [-0.3, -0.25) is 14.2 Å².